The van der Waals surface area contributed by atoms with Crippen LogP contribution in [0.3, 0.4) is 0 Å². The fourth-order valence-corrected chi connectivity index (χ4v) is 3.86. The van der Waals surface area contributed by atoms with Crippen molar-refractivity contribution in [3.63, 3.8) is 0 Å². The van der Waals surface area contributed by atoms with E-state index in [0.29, 0.717) is 0 Å². The fourth-order valence-electron chi connectivity index (χ4n) is 2.63. The Hall–Kier alpha value is -1.92. The number of aryl methyl sites for hydroxylation is 3. The highest BCUT2D eigenvalue weighted by Gasteiger charge is 2.21. The minimum Gasteiger partial charge on any atom is -0.494 e. The molecule has 2 aromatic carbocycles. The van der Waals surface area contributed by atoms with E-state index in [2.05, 4.69) is 4.72 Å². The third kappa shape index (κ3) is 3.76. The molecule has 0 bridgehead atoms. The maximum absolute atomic E-state index is 13.8. The van der Waals surface area contributed by atoms with Crippen molar-refractivity contribution in [3.8, 4) is 5.75 Å². The first-order valence-electron chi connectivity index (χ1n) is 7.59. The quantitative estimate of drug-likeness (QED) is 0.891. The summed E-state index contributed by atoms with van der Waals surface area (Å²) in [5.41, 5.74) is 4.16. The van der Waals surface area contributed by atoms with E-state index in [4.69, 9.17) is 4.74 Å². The van der Waals surface area contributed by atoms with Crippen LogP contribution in [0.5, 0.6) is 5.75 Å². The van der Waals surface area contributed by atoms with Crippen molar-refractivity contribution in [3.05, 3.63) is 58.4 Å². The van der Waals surface area contributed by atoms with E-state index in [-0.39, 0.29) is 10.6 Å². The summed E-state index contributed by atoms with van der Waals surface area (Å²) in [4.78, 5) is -0.130. The van der Waals surface area contributed by atoms with E-state index < -0.39 is 21.9 Å². The smallest absolute Gasteiger partial charge is 0.241 e. The number of sulfonamides is 1. The molecule has 2 rings (SSSR count). The standard InChI is InChI=1S/C18H22FNO3S/c1-11-8-13(3)16(9-12(11)2)14(4)20-24(21,22)15-6-7-18(23-5)17(19)10-15/h6-10,14,20H,1-5H3/t14-/m0/s1. The molecule has 0 amide bonds. The monoisotopic (exact) mass is 351 g/mol. The largest absolute Gasteiger partial charge is 0.494 e. The maximum Gasteiger partial charge on any atom is 0.241 e. The number of halogens is 1. The third-order valence-electron chi connectivity index (χ3n) is 4.11. The molecule has 6 heteroatoms. The van der Waals surface area contributed by atoms with Gasteiger partial charge < -0.3 is 4.74 Å². The zero-order valence-electron chi connectivity index (χ0n) is 14.5. The number of ether oxygens (including phenoxy) is 1. The summed E-state index contributed by atoms with van der Waals surface area (Å²) >= 11 is 0. The Bertz CT molecular complexity index is 863. The van der Waals surface area contributed by atoms with Crippen molar-refractivity contribution in [2.75, 3.05) is 7.11 Å². The first-order chi connectivity index (χ1) is 11.2. The molecule has 2 aromatic rings. The highest BCUT2D eigenvalue weighted by Crippen LogP contribution is 2.25. The summed E-state index contributed by atoms with van der Waals surface area (Å²) in [6.07, 6.45) is 0. The van der Waals surface area contributed by atoms with Crippen LogP contribution >= 0.6 is 0 Å². The van der Waals surface area contributed by atoms with Gasteiger partial charge in [0.15, 0.2) is 11.6 Å². The van der Waals surface area contributed by atoms with Crippen LogP contribution in [0, 0.1) is 26.6 Å². The molecule has 0 radical (unpaired) electrons. The molecule has 4 nitrogen and oxygen atoms in total. The van der Waals surface area contributed by atoms with E-state index in [9.17, 15) is 12.8 Å². The summed E-state index contributed by atoms with van der Waals surface area (Å²) in [6, 6.07) is 7.16. The number of rotatable bonds is 5. The lowest BCUT2D eigenvalue weighted by Crippen LogP contribution is -2.27. The van der Waals surface area contributed by atoms with Crippen LogP contribution in [0.4, 0.5) is 4.39 Å². The number of methoxy groups -OCH3 is 1. The second-order valence-electron chi connectivity index (χ2n) is 5.93. The molecule has 0 spiro atoms. The molecular weight excluding hydrogens is 329 g/mol. The van der Waals surface area contributed by atoms with E-state index in [0.717, 1.165) is 28.3 Å². The van der Waals surface area contributed by atoms with Gasteiger partial charge >= 0.3 is 0 Å². The fraction of sp³-hybridized carbons (Fsp3) is 0.333. The van der Waals surface area contributed by atoms with E-state index in [1.807, 2.05) is 32.9 Å². The van der Waals surface area contributed by atoms with Gasteiger partial charge in [0.1, 0.15) is 0 Å². The Labute approximate surface area is 142 Å². The molecule has 0 aliphatic heterocycles. The summed E-state index contributed by atoms with van der Waals surface area (Å²) < 4.78 is 46.2. The molecular formula is C18H22FNO3S. The minimum atomic E-state index is -3.84. The lowest BCUT2D eigenvalue weighted by atomic mass is 9.97. The number of hydrogen-bond acceptors (Lipinski definition) is 3. The number of benzene rings is 2. The van der Waals surface area contributed by atoms with E-state index >= 15 is 0 Å². The van der Waals surface area contributed by atoms with Crippen LogP contribution in [0.1, 0.15) is 35.2 Å². The van der Waals surface area contributed by atoms with Crippen molar-refractivity contribution >= 4 is 10.0 Å². The van der Waals surface area contributed by atoms with Gasteiger partial charge in [-0.2, -0.15) is 0 Å². The van der Waals surface area contributed by atoms with Crippen molar-refractivity contribution in [2.24, 2.45) is 0 Å². The molecule has 24 heavy (non-hydrogen) atoms. The first-order valence-corrected chi connectivity index (χ1v) is 9.07. The Kier molecular flexibility index (Phi) is 5.30. The van der Waals surface area contributed by atoms with E-state index in [1.54, 1.807) is 6.92 Å². The van der Waals surface area contributed by atoms with Gasteiger partial charge in [-0.1, -0.05) is 12.1 Å². The van der Waals surface area contributed by atoms with Gasteiger partial charge in [0, 0.05) is 6.04 Å². The number of hydrogen-bond donors (Lipinski definition) is 1. The van der Waals surface area contributed by atoms with Gasteiger partial charge in [-0.3, -0.25) is 0 Å². The Morgan fingerprint density at radius 3 is 2.25 bits per heavy atom. The predicted molar refractivity (Wildman–Crippen MR) is 92.3 cm³/mol. The van der Waals surface area contributed by atoms with Crippen LogP contribution in [-0.4, -0.2) is 15.5 Å². The van der Waals surface area contributed by atoms with Gasteiger partial charge in [-0.05, 0) is 68.1 Å². The van der Waals surface area contributed by atoms with Crippen molar-refractivity contribution in [1.82, 2.24) is 4.72 Å². The van der Waals surface area contributed by atoms with Crippen LogP contribution < -0.4 is 9.46 Å². The number of nitrogens with one attached hydrogen (secondary N) is 1. The minimum absolute atomic E-state index is 0.00648. The molecule has 1 N–H and O–H groups in total. The Morgan fingerprint density at radius 2 is 1.67 bits per heavy atom. The van der Waals surface area contributed by atoms with Crippen LogP contribution in [-0.2, 0) is 10.0 Å². The lowest BCUT2D eigenvalue weighted by Gasteiger charge is -2.18. The van der Waals surface area contributed by atoms with Gasteiger partial charge in [0.05, 0.1) is 12.0 Å². The van der Waals surface area contributed by atoms with Gasteiger partial charge in [0.25, 0.3) is 0 Å². The Balaban J connectivity index is 2.32. The van der Waals surface area contributed by atoms with Crippen LogP contribution in [0.15, 0.2) is 35.2 Å². The second-order valence-corrected chi connectivity index (χ2v) is 7.65. The Morgan fingerprint density at radius 1 is 1.04 bits per heavy atom. The van der Waals surface area contributed by atoms with Crippen molar-refractivity contribution in [1.29, 1.82) is 0 Å². The van der Waals surface area contributed by atoms with Gasteiger partial charge in [-0.15, -0.1) is 0 Å². The van der Waals surface area contributed by atoms with Crippen molar-refractivity contribution < 1.29 is 17.5 Å². The summed E-state index contributed by atoms with van der Waals surface area (Å²) in [5.74, 6) is -0.706. The molecule has 0 aliphatic rings. The lowest BCUT2D eigenvalue weighted by molar-refractivity contribution is 0.385. The second kappa shape index (κ2) is 6.91. The molecule has 1 atom stereocenters. The summed E-state index contributed by atoms with van der Waals surface area (Å²) in [5, 5.41) is 0. The molecule has 0 saturated heterocycles. The predicted octanol–water partition coefficient (Wildman–Crippen LogP) is 3.80. The van der Waals surface area contributed by atoms with Gasteiger partial charge in [0.2, 0.25) is 10.0 Å². The van der Waals surface area contributed by atoms with Crippen LogP contribution in [0.25, 0.3) is 0 Å². The molecule has 0 aliphatic carbocycles. The maximum atomic E-state index is 13.8. The molecule has 0 heterocycles. The van der Waals surface area contributed by atoms with Crippen LogP contribution in [0.2, 0.25) is 0 Å². The SMILES string of the molecule is COc1ccc(S(=O)(=O)N[C@@H](C)c2cc(C)c(C)cc2C)cc1F. The summed E-state index contributed by atoms with van der Waals surface area (Å²) in [6.45, 7) is 7.72. The average molecular weight is 351 g/mol. The topological polar surface area (TPSA) is 55.4 Å². The van der Waals surface area contributed by atoms with E-state index in [1.165, 1.54) is 19.2 Å². The normalized spacial score (nSPS) is 12.9. The first kappa shape index (κ1) is 18.4. The van der Waals surface area contributed by atoms with Gasteiger partial charge in [-0.25, -0.2) is 17.5 Å². The molecule has 130 valence electrons. The molecule has 0 saturated carbocycles. The highest BCUT2D eigenvalue weighted by atomic mass is 32.2. The molecule has 0 fully saturated rings. The highest BCUT2D eigenvalue weighted by molar-refractivity contribution is 7.89. The third-order valence-corrected chi connectivity index (χ3v) is 5.65. The zero-order chi connectivity index (χ0) is 18.1. The van der Waals surface area contributed by atoms with Crippen molar-refractivity contribution in [2.45, 2.75) is 38.6 Å². The zero-order valence-corrected chi connectivity index (χ0v) is 15.3. The summed E-state index contributed by atoms with van der Waals surface area (Å²) in [7, 11) is -2.51. The average Bonchev–Trinajstić information content (AvgIpc) is 2.50. The molecule has 0 unspecified atom stereocenters. The molecule has 0 aromatic heterocycles.